The summed E-state index contributed by atoms with van der Waals surface area (Å²) in [6.45, 7) is 3.26. The summed E-state index contributed by atoms with van der Waals surface area (Å²) in [5.41, 5.74) is 4.68. The minimum absolute atomic E-state index is 0.224. The van der Waals surface area contributed by atoms with E-state index in [2.05, 4.69) is 34.6 Å². The van der Waals surface area contributed by atoms with Gasteiger partial charge in [0.2, 0.25) is 0 Å². The summed E-state index contributed by atoms with van der Waals surface area (Å²) in [6, 6.07) is 8.82. The van der Waals surface area contributed by atoms with Crippen LogP contribution in [0.25, 0.3) is 0 Å². The van der Waals surface area contributed by atoms with Gasteiger partial charge in [0.05, 0.1) is 12.7 Å². The number of ether oxygens (including phenoxy) is 1. The predicted molar refractivity (Wildman–Crippen MR) is 91.1 cm³/mol. The first-order valence-corrected chi connectivity index (χ1v) is 8.52. The maximum atomic E-state index is 11.7. The minimum Gasteiger partial charge on any atom is -0.447 e. The molecule has 2 aromatic rings. The quantitative estimate of drug-likeness (QED) is 0.906. The first-order valence-electron chi connectivity index (χ1n) is 8.52. The van der Waals surface area contributed by atoms with Gasteiger partial charge in [-0.2, -0.15) is 5.10 Å². The zero-order valence-electron chi connectivity index (χ0n) is 13.8. The van der Waals surface area contributed by atoms with Gasteiger partial charge in [0, 0.05) is 23.5 Å². The monoisotopic (exact) mass is 326 g/mol. The van der Waals surface area contributed by atoms with Gasteiger partial charge in [0.25, 0.3) is 0 Å². The molecule has 126 valence electrons. The second kappa shape index (κ2) is 6.28. The second-order valence-corrected chi connectivity index (χ2v) is 6.56. The molecule has 1 aliphatic carbocycles. The lowest BCUT2D eigenvalue weighted by molar-refractivity contribution is 0.181. The predicted octanol–water partition coefficient (Wildman–Crippen LogP) is 2.57. The van der Waals surface area contributed by atoms with Crippen molar-refractivity contribution in [3.8, 4) is 0 Å². The Kier molecular flexibility index (Phi) is 3.98. The zero-order valence-corrected chi connectivity index (χ0v) is 13.8. The fraction of sp³-hybridized carbons (Fsp3) is 0.444. The molecule has 24 heavy (non-hydrogen) atoms. The van der Waals surface area contributed by atoms with Crippen molar-refractivity contribution >= 4 is 11.8 Å². The molecule has 2 heterocycles. The fourth-order valence-corrected chi connectivity index (χ4v) is 3.60. The number of carbonyl (C=O) groups is 1. The average Bonchev–Trinajstić information content (AvgIpc) is 3.23. The highest BCUT2D eigenvalue weighted by atomic mass is 16.6. The third kappa shape index (κ3) is 2.89. The largest absolute Gasteiger partial charge is 0.447 e. The summed E-state index contributed by atoms with van der Waals surface area (Å²) >= 11 is 0. The number of nitrogens with zero attached hydrogens (tertiary/aromatic N) is 2. The lowest BCUT2D eigenvalue weighted by atomic mass is 9.92. The van der Waals surface area contributed by atoms with Crippen LogP contribution in [0.4, 0.5) is 10.5 Å². The molecule has 6 heteroatoms. The van der Waals surface area contributed by atoms with Crippen molar-refractivity contribution in [3.05, 3.63) is 47.3 Å². The highest BCUT2D eigenvalue weighted by Crippen LogP contribution is 2.25. The van der Waals surface area contributed by atoms with Gasteiger partial charge in [-0.25, -0.2) is 4.79 Å². The number of carbonyl (C=O) groups excluding carboxylic acids is 1. The molecule has 1 amide bonds. The third-order valence-electron chi connectivity index (χ3n) is 4.95. The Morgan fingerprint density at radius 3 is 3.21 bits per heavy atom. The van der Waals surface area contributed by atoms with Crippen LogP contribution in [0.1, 0.15) is 36.2 Å². The number of fused-ring (bicyclic) bond motifs is 1. The number of aromatic amines is 1. The molecule has 1 aromatic heterocycles. The van der Waals surface area contributed by atoms with E-state index >= 15 is 0 Å². The lowest BCUT2D eigenvalue weighted by Gasteiger charge is -2.27. The molecule has 4 rings (SSSR count). The van der Waals surface area contributed by atoms with Crippen LogP contribution in [0.2, 0.25) is 0 Å². The van der Waals surface area contributed by atoms with E-state index in [1.165, 1.54) is 16.8 Å². The normalized spacial score (nSPS) is 21.5. The number of cyclic esters (lactones) is 1. The van der Waals surface area contributed by atoms with E-state index in [1.54, 1.807) is 4.90 Å². The molecule has 1 aliphatic heterocycles. The van der Waals surface area contributed by atoms with Gasteiger partial charge in [0.15, 0.2) is 0 Å². The average molecular weight is 326 g/mol. The maximum absolute atomic E-state index is 11.7. The summed E-state index contributed by atoms with van der Waals surface area (Å²) in [4.78, 5) is 13.4. The number of rotatable bonds is 4. The number of nitrogens with one attached hydrogen (secondary N) is 2. The van der Waals surface area contributed by atoms with Crippen molar-refractivity contribution in [1.82, 2.24) is 15.5 Å². The molecule has 0 unspecified atom stereocenters. The molecular weight excluding hydrogens is 304 g/mol. The van der Waals surface area contributed by atoms with Gasteiger partial charge >= 0.3 is 6.09 Å². The molecule has 0 saturated carbocycles. The van der Waals surface area contributed by atoms with Crippen LogP contribution >= 0.6 is 0 Å². The van der Waals surface area contributed by atoms with Gasteiger partial charge in [-0.1, -0.05) is 12.1 Å². The van der Waals surface area contributed by atoms with Crippen LogP contribution in [0.3, 0.4) is 0 Å². The van der Waals surface area contributed by atoms with E-state index in [0.717, 1.165) is 24.9 Å². The van der Waals surface area contributed by atoms with E-state index in [4.69, 9.17) is 4.74 Å². The number of aromatic nitrogens is 2. The van der Waals surface area contributed by atoms with Crippen molar-refractivity contribution in [1.29, 1.82) is 0 Å². The van der Waals surface area contributed by atoms with E-state index < -0.39 is 0 Å². The number of aryl methyl sites for hydroxylation is 1. The van der Waals surface area contributed by atoms with Crippen LogP contribution in [0.15, 0.2) is 30.5 Å². The summed E-state index contributed by atoms with van der Waals surface area (Å²) < 4.78 is 5.03. The number of hydrogen-bond donors (Lipinski definition) is 2. The number of benzene rings is 1. The smallest absolute Gasteiger partial charge is 0.414 e. The third-order valence-corrected chi connectivity index (χ3v) is 4.95. The first-order chi connectivity index (χ1) is 11.7. The maximum Gasteiger partial charge on any atom is 0.414 e. The van der Waals surface area contributed by atoms with Gasteiger partial charge in [-0.3, -0.25) is 10.00 Å². The Morgan fingerprint density at radius 1 is 1.46 bits per heavy atom. The standard InChI is InChI=1S/C18H22N4O2/c1-12(20-15-5-6-17-14(9-15)11-19-21-17)13-3-2-4-16(10-13)22-7-8-24-18(22)23/h2-4,10-12,15,20H,5-9H2,1H3,(H,19,21)/t12-,15-/m1/s1. The second-order valence-electron chi connectivity index (χ2n) is 6.56. The summed E-state index contributed by atoms with van der Waals surface area (Å²) in [5.74, 6) is 0. The number of anilines is 1. The van der Waals surface area contributed by atoms with E-state index in [1.807, 2.05) is 18.3 Å². The lowest BCUT2D eigenvalue weighted by Crippen LogP contribution is -2.36. The summed E-state index contributed by atoms with van der Waals surface area (Å²) in [6.07, 6.45) is 4.84. The van der Waals surface area contributed by atoms with Gasteiger partial charge < -0.3 is 10.1 Å². The first kappa shape index (κ1) is 15.2. The SMILES string of the molecule is C[C@@H](N[C@@H]1CCc2[nH]ncc2C1)c1cccc(N2CCOC2=O)c1. The van der Waals surface area contributed by atoms with E-state index in [-0.39, 0.29) is 12.1 Å². The molecule has 1 aromatic carbocycles. The van der Waals surface area contributed by atoms with Gasteiger partial charge in [-0.05, 0) is 49.4 Å². The Labute approximate surface area is 141 Å². The molecule has 0 spiro atoms. The van der Waals surface area contributed by atoms with Crippen molar-refractivity contribution < 1.29 is 9.53 Å². The van der Waals surface area contributed by atoms with Crippen LogP contribution in [0, 0.1) is 0 Å². The zero-order chi connectivity index (χ0) is 16.5. The molecule has 1 saturated heterocycles. The molecular formula is C18H22N4O2. The molecule has 0 bridgehead atoms. The molecule has 1 fully saturated rings. The summed E-state index contributed by atoms with van der Waals surface area (Å²) in [7, 11) is 0. The van der Waals surface area contributed by atoms with E-state index in [9.17, 15) is 4.79 Å². The van der Waals surface area contributed by atoms with Crippen LogP contribution in [-0.2, 0) is 17.6 Å². The van der Waals surface area contributed by atoms with Crippen molar-refractivity contribution in [3.63, 3.8) is 0 Å². The molecule has 2 N–H and O–H groups in total. The van der Waals surface area contributed by atoms with Crippen molar-refractivity contribution in [2.45, 2.75) is 38.3 Å². The Balaban J connectivity index is 1.45. The fourth-order valence-electron chi connectivity index (χ4n) is 3.60. The Morgan fingerprint density at radius 2 is 2.38 bits per heavy atom. The van der Waals surface area contributed by atoms with Crippen LogP contribution < -0.4 is 10.2 Å². The number of hydrogen-bond acceptors (Lipinski definition) is 4. The highest BCUT2D eigenvalue weighted by molar-refractivity contribution is 5.89. The van der Waals surface area contributed by atoms with Crippen molar-refractivity contribution in [2.24, 2.45) is 0 Å². The minimum atomic E-state index is -0.257. The Hall–Kier alpha value is -2.34. The van der Waals surface area contributed by atoms with Gasteiger partial charge in [-0.15, -0.1) is 0 Å². The molecule has 6 nitrogen and oxygen atoms in total. The van der Waals surface area contributed by atoms with Crippen LogP contribution in [-0.4, -0.2) is 35.5 Å². The molecule has 2 atom stereocenters. The highest BCUT2D eigenvalue weighted by Gasteiger charge is 2.25. The summed E-state index contributed by atoms with van der Waals surface area (Å²) in [5, 5.41) is 10.9. The Bertz CT molecular complexity index is 742. The van der Waals surface area contributed by atoms with Crippen LogP contribution in [0.5, 0.6) is 0 Å². The topological polar surface area (TPSA) is 70.2 Å². The van der Waals surface area contributed by atoms with Gasteiger partial charge in [0.1, 0.15) is 6.61 Å². The van der Waals surface area contributed by atoms with Crippen molar-refractivity contribution in [2.75, 3.05) is 18.1 Å². The molecule has 2 aliphatic rings. The number of amides is 1. The number of H-pyrrole nitrogens is 1. The van der Waals surface area contributed by atoms with E-state index in [0.29, 0.717) is 19.2 Å². The molecule has 0 radical (unpaired) electrons.